The van der Waals surface area contributed by atoms with Gasteiger partial charge in [-0.05, 0) is 37.6 Å². The lowest BCUT2D eigenvalue weighted by molar-refractivity contribution is -0.126. The van der Waals surface area contributed by atoms with Crippen molar-refractivity contribution in [3.05, 3.63) is 47.0 Å². The van der Waals surface area contributed by atoms with Crippen molar-refractivity contribution in [2.24, 2.45) is 0 Å². The van der Waals surface area contributed by atoms with Gasteiger partial charge in [-0.2, -0.15) is 0 Å². The number of methoxy groups -OCH3 is 2. The molecule has 2 atom stereocenters. The fraction of sp³-hybridized carbons (Fsp3) is 0.391. The highest BCUT2D eigenvalue weighted by Gasteiger charge is 2.58. The largest absolute Gasteiger partial charge is 0.493 e. The van der Waals surface area contributed by atoms with E-state index >= 15 is 0 Å². The van der Waals surface area contributed by atoms with E-state index in [1.807, 2.05) is 38.1 Å². The van der Waals surface area contributed by atoms with Gasteiger partial charge in [-0.3, -0.25) is 9.59 Å². The second kappa shape index (κ2) is 7.51. The van der Waals surface area contributed by atoms with E-state index in [9.17, 15) is 9.59 Å². The maximum absolute atomic E-state index is 13.5. The second-order valence-corrected chi connectivity index (χ2v) is 10.1. The topological polar surface area (TPSA) is 86.3 Å². The predicted molar refractivity (Wildman–Crippen MR) is 118 cm³/mol. The number of nitrogens with one attached hydrogen (secondary N) is 1. The van der Waals surface area contributed by atoms with Gasteiger partial charge in [0, 0.05) is 16.9 Å². The Labute approximate surface area is 190 Å². The molecule has 0 radical (unpaired) electrons. The molecule has 2 aromatic rings. The Morgan fingerprint density at radius 1 is 1.19 bits per heavy atom. The van der Waals surface area contributed by atoms with Crippen LogP contribution in [-0.2, 0) is 11.3 Å². The van der Waals surface area contributed by atoms with Gasteiger partial charge >= 0.3 is 0 Å². The smallest absolute Gasteiger partial charge is 0.260 e. The van der Waals surface area contributed by atoms with Gasteiger partial charge < -0.3 is 29.2 Å². The highest BCUT2D eigenvalue weighted by atomic mass is 32.2. The lowest BCUT2D eigenvalue weighted by Crippen LogP contribution is -2.52. The van der Waals surface area contributed by atoms with Crippen molar-refractivity contribution < 1.29 is 28.5 Å². The fourth-order valence-electron chi connectivity index (χ4n) is 4.59. The summed E-state index contributed by atoms with van der Waals surface area (Å²) in [5.74, 6) is 1.84. The monoisotopic (exact) mass is 456 g/mol. The van der Waals surface area contributed by atoms with Crippen molar-refractivity contribution in [1.82, 2.24) is 10.2 Å². The quantitative estimate of drug-likeness (QED) is 0.740. The maximum atomic E-state index is 13.5. The average molecular weight is 457 g/mol. The predicted octanol–water partition coefficient (Wildman–Crippen LogP) is 3.10. The van der Waals surface area contributed by atoms with Crippen molar-refractivity contribution in [2.75, 3.05) is 21.0 Å². The van der Waals surface area contributed by atoms with Gasteiger partial charge in [0.1, 0.15) is 11.4 Å². The molecule has 2 amide bonds. The average Bonchev–Trinajstić information content (AvgIpc) is 3.43. The lowest BCUT2D eigenvalue weighted by Gasteiger charge is -2.29. The molecular weight excluding hydrogens is 432 g/mol. The van der Waals surface area contributed by atoms with E-state index in [-0.39, 0.29) is 24.0 Å². The number of fused-ring (bicyclic) bond motifs is 4. The number of hydrogen-bond acceptors (Lipinski definition) is 7. The van der Waals surface area contributed by atoms with Crippen LogP contribution < -0.4 is 24.3 Å². The van der Waals surface area contributed by atoms with Gasteiger partial charge in [-0.1, -0.05) is 12.1 Å². The Balaban J connectivity index is 1.41. The highest BCUT2D eigenvalue weighted by molar-refractivity contribution is 8.01. The van der Waals surface area contributed by atoms with Crippen LogP contribution in [0.25, 0.3) is 0 Å². The molecule has 0 aliphatic carbocycles. The summed E-state index contributed by atoms with van der Waals surface area (Å²) in [6, 6.07) is 8.62. The summed E-state index contributed by atoms with van der Waals surface area (Å²) in [5, 5.41) is 2.74. The van der Waals surface area contributed by atoms with Crippen molar-refractivity contribution in [3.63, 3.8) is 0 Å². The first kappa shape index (κ1) is 20.8. The number of benzene rings is 2. The van der Waals surface area contributed by atoms with Crippen LogP contribution in [0.15, 0.2) is 30.3 Å². The molecule has 2 aromatic carbocycles. The third kappa shape index (κ3) is 3.06. The van der Waals surface area contributed by atoms with E-state index in [4.69, 9.17) is 18.9 Å². The zero-order valence-corrected chi connectivity index (χ0v) is 19.1. The van der Waals surface area contributed by atoms with Gasteiger partial charge in [-0.15, -0.1) is 11.8 Å². The molecular formula is C23H24N2O6S. The van der Waals surface area contributed by atoms with E-state index in [2.05, 4.69) is 5.32 Å². The van der Waals surface area contributed by atoms with Crippen LogP contribution in [0.3, 0.4) is 0 Å². The minimum atomic E-state index is -0.637. The molecule has 3 aliphatic rings. The van der Waals surface area contributed by atoms with Crippen molar-refractivity contribution in [2.45, 2.75) is 36.6 Å². The summed E-state index contributed by atoms with van der Waals surface area (Å²) in [6.45, 7) is 4.51. The number of thioether (sulfide) groups is 1. The minimum Gasteiger partial charge on any atom is -0.493 e. The third-order valence-corrected chi connectivity index (χ3v) is 7.58. The number of hydrogen-bond donors (Lipinski definition) is 1. The fourth-order valence-corrected chi connectivity index (χ4v) is 6.17. The lowest BCUT2D eigenvalue weighted by atomic mass is 10.0. The van der Waals surface area contributed by atoms with Gasteiger partial charge in [0.2, 0.25) is 12.7 Å². The first-order valence-corrected chi connectivity index (χ1v) is 11.1. The third-order valence-electron chi connectivity index (χ3n) is 6.05. The van der Waals surface area contributed by atoms with Crippen LogP contribution >= 0.6 is 11.8 Å². The molecule has 0 saturated carbocycles. The maximum Gasteiger partial charge on any atom is 0.260 e. The summed E-state index contributed by atoms with van der Waals surface area (Å²) >= 11 is 1.60. The first-order chi connectivity index (χ1) is 15.4. The van der Waals surface area contributed by atoms with E-state index in [1.165, 1.54) is 14.2 Å². The summed E-state index contributed by atoms with van der Waals surface area (Å²) in [4.78, 5) is 28.5. The van der Waals surface area contributed by atoms with Gasteiger partial charge in [0.05, 0.1) is 19.8 Å². The van der Waals surface area contributed by atoms with Crippen molar-refractivity contribution in [1.29, 1.82) is 0 Å². The molecule has 0 aromatic heterocycles. The molecule has 168 valence electrons. The first-order valence-electron chi connectivity index (χ1n) is 10.3. The zero-order chi connectivity index (χ0) is 22.6. The Kier molecular flexibility index (Phi) is 4.88. The molecule has 0 bridgehead atoms. The van der Waals surface area contributed by atoms with Gasteiger partial charge in [0.25, 0.3) is 5.91 Å². The zero-order valence-electron chi connectivity index (χ0n) is 18.3. The SMILES string of the molecule is COc1ccc2c(c1OC)C(=O)N1C2SC(C)(C)[C@H]1C(=O)NCc1ccc2c(c1)OCO2. The Morgan fingerprint density at radius 2 is 1.97 bits per heavy atom. The van der Waals surface area contributed by atoms with Crippen molar-refractivity contribution >= 4 is 23.6 Å². The second-order valence-electron chi connectivity index (χ2n) is 8.36. The van der Waals surface area contributed by atoms with Crippen LogP contribution in [0.4, 0.5) is 0 Å². The summed E-state index contributed by atoms with van der Waals surface area (Å²) in [6.07, 6.45) is 0. The van der Waals surface area contributed by atoms with Crippen LogP contribution in [0.1, 0.15) is 40.7 Å². The molecule has 32 heavy (non-hydrogen) atoms. The molecule has 5 rings (SSSR count). The highest BCUT2D eigenvalue weighted by Crippen LogP contribution is 2.58. The Hall–Kier alpha value is -3.07. The number of nitrogens with zero attached hydrogens (tertiary/aromatic N) is 1. The number of amides is 2. The van der Waals surface area contributed by atoms with Crippen LogP contribution in [0.5, 0.6) is 23.0 Å². The van der Waals surface area contributed by atoms with Crippen LogP contribution in [0.2, 0.25) is 0 Å². The van der Waals surface area contributed by atoms with Crippen molar-refractivity contribution in [3.8, 4) is 23.0 Å². The van der Waals surface area contributed by atoms with E-state index in [0.717, 1.165) is 11.1 Å². The van der Waals surface area contributed by atoms with Crippen LogP contribution in [0, 0.1) is 0 Å². The Bertz CT molecular complexity index is 1120. The summed E-state index contributed by atoms with van der Waals surface area (Å²) in [7, 11) is 3.05. The summed E-state index contributed by atoms with van der Waals surface area (Å²) < 4.78 is 21.1. The van der Waals surface area contributed by atoms with Crippen LogP contribution in [-0.4, -0.2) is 48.5 Å². The molecule has 1 unspecified atom stereocenters. The van der Waals surface area contributed by atoms with E-state index in [0.29, 0.717) is 35.1 Å². The molecule has 3 heterocycles. The molecule has 1 saturated heterocycles. The minimum absolute atomic E-state index is 0.199. The molecule has 3 aliphatic heterocycles. The number of rotatable bonds is 5. The van der Waals surface area contributed by atoms with Gasteiger partial charge in [-0.25, -0.2) is 0 Å². The number of carbonyl (C=O) groups excluding carboxylic acids is 2. The van der Waals surface area contributed by atoms with E-state index in [1.54, 1.807) is 22.7 Å². The summed E-state index contributed by atoms with van der Waals surface area (Å²) in [5.41, 5.74) is 2.20. The normalized spacial score (nSPS) is 21.9. The molecule has 1 fully saturated rings. The standard InChI is InChI=1S/C23H24N2O6S/c1-23(2)19(20(26)24-10-12-5-7-14-16(9-12)31-11-30-14)25-21(27)17-13(22(25)32-23)6-8-15(28-3)18(17)29-4/h5-9,19,22H,10-11H2,1-4H3,(H,24,26)/t19-,22?/m1/s1. The number of carbonyl (C=O) groups is 2. The molecule has 9 heteroatoms. The molecule has 1 N–H and O–H groups in total. The molecule has 0 spiro atoms. The van der Waals surface area contributed by atoms with E-state index < -0.39 is 10.8 Å². The van der Waals surface area contributed by atoms with Gasteiger partial charge in [0.15, 0.2) is 23.0 Å². The Morgan fingerprint density at radius 3 is 2.72 bits per heavy atom. The molecule has 8 nitrogen and oxygen atoms in total. The number of ether oxygens (including phenoxy) is 4.